The molecule has 0 atom stereocenters. The van der Waals surface area contributed by atoms with Crippen molar-refractivity contribution >= 4 is 39.9 Å². The molecule has 6 heteroatoms. The molecule has 0 saturated heterocycles. The van der Waals surface area contributed by atoms with E-state index in [1.165, 1.54) is 0 Å². The summed E-state index contributed by atoms with van der Waals surface area (Å²) < 4.78 is 5.42. The van der Waals surface area contributed by atoms with Gasteiger partial charge in [-0.25, -0.2) is 4.79 Å². The van der Waals surface area contributed by atoms with Gasteiger partial charge in [0.2, 0.25) is 0 Å². The summed E-state index contributed by atoms with van der Waals surface area (Å²) in [7, 11) is 0. The van der Waals surface area contributed by atoms with Gasteiger partial charge in [-0.2, -0.15) is 0 Å². The number of carbonyl (C=O) groups excluding carboxylic acids is 1. The van der Waals surface area contributed by atoms with E-state index in [0.717, 1.165) is 16.7 Å². The first-order valence-corrected chi connectivity index (χ1v) is 6.64. The van der Waals surface area contributed by atoms with Crippen LogP contribution >= 0.6 is 11.3 Å². The molecule has 2 aromatic heterocycles. The second-order valence-corrected chi connectivity index (χ2v) is 4.99. The molecule has 0 aliphatic carbocycles. The zero-order chi connectivity index (χ0) is 14.1. The van der Waals surface area contributed by atoms with Gasteiger partial charge in [0.05, 0.1) is 5.69 Å². The van der Waals surface area contributed by atoms with Crippen LogP contribution in [0.3, 0.4) is 0 Å². The van der Waals surface area contributed by atoms with Gasteiger partial charge in [-0.05, 0) is 23.6 Å². The number of carbonyl (C=O) groups is 2. The fraction of sp³-hybridized carbons (Fsp3) is 0. The quantitative estimate of drug-likeness (QED) is 0.773. The Labute approximate surface area is 117 Å². The fourth-order valence-electron chi connectivity index (χ4n) is 1.85. The Morgan fingerprint density at radius 3 is 2.75 bits per heavy atom. The Morgan fingerprint density at radius 2 is 2.00 bits per heavy atom. The van der Waals surface area contributed by atoms with Crippen molar-refractivity contribution in [2.45, 2.75) is 0 Å². The number of fused-ring (bicyclic) bond motifs is 1. The van der Waals surface area contributed by atoms with Gasteiger partial charge in [-0.1, -0.05) is 18.2 Å². The molecule has 0 saturated carbocycles. The van der Waals surface area contributed by atoms with Crippen LogP contribution in [-0.2, 0) is 0 Å². The number of carboxylic acids is 1. The van der Waals surface area contributed by atoms with E-state index in [1.807, 2.05) is 18.2 Å². The van der Waals surface area contributed by atoms with Crippen molar-refractivity contribution in [2.75, 3.05) is 5.32 Å². The van der Waals surface area contributed by atoms with E-state index in [0.29, 0.717) is 5.58 Å². The summed E-state index contributed by atoms with van der Waals surface area (Å²) in [6.45, 7) is 0. The molecule has 5 nitrogen and oxygen atoms in total. The number of nitrogens with one attached hydrogen (secondary N) is 1. The molecule has 0 bridgehead atoms. The van der Waals surface area contributed by atoms with Gasteiger partial charge >= 0.3 is 5.97 Å². The number of anilines is 1. The number of amides is 1. The lowest BCUT2D eigenvalue weighted by molar-refractivity contribution is 0.0703. The maximum Gasteiger partial charge on any atom is 0.348 e. The lowest BCUT2D eigenvalue weighted by Crippen LogP contribution is -2.12. The van der Waals surface area contributed by atoms with E-state index in [1.54, 1.807) is 23.6 Å². The van der Waals surface area contributed by atoms with Crippen LogP contribution in [0, 0.1) is 0 Å². The predicted octanol–water partition coefficient (Wildman–Crippen LogP) is 3.44. The Bertz CT molecular complexity index is 769. The first-order valence-electron chi connectivity index (χ1n) is 5.76. The van der Waals surface area contributed by atoms with Crippen molar-refractivity contribution in [1.29, 1.82) is 0 Å². The first-order chi connectivity index (χ1) is 9.65. The zero-order valence-corrected chi connectivity index (χ0v) is 10.9. The van der Waals surface area contributed by atoms with Gasteiger partial charge in [-0.3, -0.25) is 4.79 Å². The number of rotatable bonds is 3. The van der Waals surface area contributed by atoms with Crippen molar-refractivity contribution in [3.63, 3.8) is 0 Å². The van der Waals surface area contributed by atoms with Gasteiger partial charge in [0.15, 0.2) is 5.76 Å². The van der Waals surface area contributed by atoms with Crippen molar-refractivity contribution in [1.82, 2.24) is 0 Å². The number of benzene rings is 1. The molecule has 3 aromatic rings. The lowest BCUT2D eigenvalue weighted by atomic mass is 10.2. The number of thiophene rings is 1. The largest absolute Gasteiger partial charge is 0.477 e. The average molecular weight is 287 g/mol. The molecule has 0 aliphatic rings. The highest BCUT2D eigenvalue weighted by Gasteiger charge is 2.17. The highest BCUT2D eigenvalue weighted by Crippen LogP contribution is 2.24. The SMILES string of the molecule is O=C(Nc1ccsc1C(=O)O)c1cc2ccccc2o1. The molecule has 1 amide bonds. The molecule has 0 unspecified atom stereocenters. The third-order valence-electron chi connectivity index (χ3n) is 2.76. The standard InChI is InChI=1S/C14H9NO4S/c16-13(15-9-5-6-20-12(9)14(17)18)11-7-8-3-1-2-4-10(8)19-11/h1-7H,(H,15,16)(H,17,18). The molecule has 2 N–H and O–H groups in total. The summed E-state index contributed by atoms with van der Waals surface area (Å²) in [5, 5.41) is 14.0. The van der Waals surface area contributed by atoms with Crippen LogP contribution in [0.1, 0.15) is 20.2 Å². The third kappa shape index (κ3) is 2.17. The molecule has 0 aliphatic heterocycles. The smallest absolute Gasteiger partial charge is 0.348 e. The fourth-order valence-corrected chi connectivity index (χ4v) is 2.54. The number of carboxylic acid groups (broad SMARTS) is 1. The summed E-state index contributed by atoms with van der Waals surface area (Å²) in [4.78, 5) is 23.1. The second-order valence-electron chi connectivity index (χ2n) is 4.07. The normalized spacial score (nSPS) is 10.6. The molecule has 1 aromatic carbocycles. The molecule has 2 heterocycles. The molecule has 0 fully saturated rings. The second kappa shape index (κ2) is 4.82. The van der Waals surface area contributed by atoms with Gasteiger partial charge in [0.1, 0.15) is 10.5 Å². The Morgan fingerprint density at radius 1 is 1.20 bits per heavy atom. The number of hydrogen-bond donors (Lipinski definition) is 2. The molecular weight excluding hydrogens is 278 g/mol. The van der Waals surface area contributed by atoms with Crippen LogP contribution in [0.15, 0.2) is 46.2 Å². The number of para-hydroxylation sites is 1. The minimum atomic E-state index is -1.07. The van der Waals surface area contributed by atoms with Crippen LogP contribution in [0.4, 0.5) is 5.69 Å². The summed E-state index contributed by atoms with van der Waals surface area (Å²) in [5.41, 5.74) is 0.884. The first kappa shape index (κ1) is 12.4. The van der Waals surface area contributed by atoms with Crippen LogP contribution in [0.2, 0.25) is 0 Å². The van der Waals surface area contributed by atoms with Crippen LogP contribution in [-0.4, -0.2) is 17.0 Å². The van der Waals surface area contributed by atoms with E-state index >= 15 is 0 Å². The van der Waals surface area contributed by atoms with Crippen LogP contribution in [0.5, 0.6) is 0 Å². The minimum absolute atomic E-state index is 0.0921. The molecule has 20 heavy (non-hydrogen) atoms. The van der Waals surface area contributed by atoms with Crippen LogP contribution in [0.25, 0.3) is 11.0 Å². The van der Waals surface area contributed by atoms with E-state index in [9.17, 15) is 9.59 Å². The monoisotopic (exact) mass is 287 g/mol. The van der Waals surface area contributed by atoms with Crippen molar-refractivity contribution in [3.8, 4) is 0 Å². The van der Waals surface area contributed by atoms with Gasteiger partial charge in [-0.15, -0.1) is 11.3 Å². The van der Waals surface area contributed by atoms with E-state index < -0.39 is 11.9 Å². The zero-order valence-electron chi connectivity index (χ0n) is 10.1. The van der Waals surface area contributed by atoms with Crippen molar-refractivity contribution < 1.29 is 19.1 Å². The highest BCUT2D eigenvalue weighted by molar-refractivity contribution is 7.12. The topological polar surface area (TPSA) is 79.5 Å². The summed E-state index contributed by atoms with van der Waals surface area (Å²) in [5.74, 6) is -1.39. The number of hydrogen-bond acceptors (Lipinski definition) is 4. The lowest BCUT2D eigenvalue weighted by Gasteiger charge is -2.01. The van der Waals surface area contributed by atoms with E-state index in [2.05, 4.69) is 5.32 Å². The van der Waals surface area contributed by atoms with Gasteiger partial charge in [0.25, 0.3) is 5.91 Å². The highest BCUT2D eigenvalue weighted by atomic mass is 32.1. The summed E-state index contributed by atoms with van der Waals surface area (Å²) >= 11 is 1.05. The molecule has 100 valence electrons. The molecule has 0 spiro atoms. The Balaban J connectivity index is 1.89. The summed E-state index contributed by atoms with van der Waals surface area (Å²) in [6, 6.07) is 10.4. The average Bonchev–Trinajstić information content (AvgIpc) is 3.03. The molecule has 0 radical (unpaired) electrons. The summed E-state index contributed by atoms with van der Waals surface area (Å²) in [6.07, 6.45) is 0. The van der Waals surface area contributed by atoms with E-state index in [4.69, 9.17) is 9.52 Å². The van der Waals surface area contributed by atoms with Crippen molar-refractivity contribution in [3.05, 3.63) is 52.4 Å². The van der Waals surface area contributed by atoms with Gasteiger partial charge < -0.3 is 14.8 Å². The molecular formula is C14H9NO4S. The Hall–Kier alpha value is -2.60. The van der Waals surface area contributed by atoms with Crippen LogP contribution < -0.4 is 5.32 Å². The predicted molar refractivity (Wildman–Crippen MR) is 75.4 cm³/mol. The number of aromatic carboxylic acids is 1. The minimum Gasteiger partial charge on any atom is -0.477 e. The molecule has 3 rings (SSSR count). The Kier molecular flexibility index (Phi) is 3.00. The van der Waals surface area contributed by atoms with E-state index in [-0.39, 0.29) is 16.3 Å². The number of furan rings is 1. The van der Waals surface area contributed by atoms with Crippen molar-refractivity contribution in [2.24, 2.45) is 0 Å². The maximum absolute atomic E-state index is 12.1. The maximum atomic E-state index is 12.1. The third-order valence-corrected chi connectivity index (χ3v) is 3.66. The van der Waals surface area contributed by atoms with Gasteiger partial charge in [0, 0.05) is 5.39 Å².